The molecule has 0 spiro atoms. The summed E-state index contributed by atoms with van der Waals surface area (Å²) < 4.78 is 9.77. The van der Waals surface area contributed by atoms with Gasteiger partial charge in [0.25, 0.3) is 5.91 Å². The van der Waals surface area contributed by atoms with Crippen LogP contribution in [0.4, 0.5) is 11.6 Å². The summed E-state index contributed by atoms with van der Waals surface area (Å²) in [6, 6.07) is 14.0. The van der Waals surface area contributed by atoms with Gasteiger partial charge in [-0.1, -0.05) is 12.1 Å². The van der Waals surface area contributed by atoms with Crippen LogP contribution in [0, 0.1) is 0 Å². The van der Waals surface area contributed by atoms with Gasteiger partial charge < -0.3 is 20.1 Å². The average Bonchev–Trinajstić information content (AvgIpc) is 2.78. The number of hydrogen-bond donors (Lipinski definition) is 2. The van der Waals surface area contributed by atoms with E-state index in [2.05, 4.69) is 25.3 Å². The number of amides is 1. The van der Waals surface area contributed by atoms with E-state index in [1.54, 1.807) is 31.4 Å². The molecule has 3 rings (SSSR count). The Labute approximate surface area is 167 Å². The molecule has 29 heavy (non-hydrogen) atoms. The fourth-order valence-corrected chi connectivity index (χ4v) is 2.47. The lowest BCUT2D eigenvalue weighted by molar-refractivity contribution is 0.0600. The van der Waals surface area contributed by atoms with Crippen molar-refractivity contribution in [2.24, 2.45) is 0 Å². The summed E-state index contributed by atoms with van der Waals surface area (Å²) >= 11 is 0. The monoisotopic (exact) mass is 392 g/mol. The lowest BCUT2D eigenvalue weighted by Crippen LogP contribution is -2.13. The molecule has 0 unspecified atom stereocenters. The summed E-state index contributed by atoms with van der Waals surface area (Å²) in [5.41, 5.74) is 2.31. The summed E-state index contributed by atoms with van der Waals surface area (Å²) in [6.07, 6.45) is 2.89. The number of anilines is 2. The number of esters is 1. The van der Waals surface area contributed by atoms with Crippen molar-refractivity contribution in [1.82, 2.24) is 9.97 Å². The first kappa shape index (κ1) is 19.8. The van der Waals surface area contributed by atoms with E-state index >= 15 is 0 Å². The third kappa shape index (κ3) is 5.29. The number of nitrogens with zero attached hydrogens (tertiary/aromatic N) is 2. The summed E-state index contributed by atoms with van der Waals surface area (Å²) in [5.74, 6) is 0.423. The van der Waals surface area contributed by atoms with Crippen LogP contribution in [0.2, 0.25) is 0 Å². The van der Waals surface area contributed by atoms with Gasteiger partial charge in [-0.2, -0.15) is 0 Å². The Kier molecular flexibility index (Phi) is 6.36. The number of ether oxygens (including phenoxy) is 2. The molecule has 2 N–H and O–H groups in total. The van der Waals surface area contributed by atoms with Gasteiger partial charge in [-0.05, 0) is 42.0 Å². The molecule has 0 saturated heterocycles. The Bertz CT molecular complexity index is 971. The van der Waals surface area contributed by atoms with E-state index in [-0.39, 0.29) is 5.91 Å². The van der Waals surface area contributed by atoms with Gasteiger partial charge in [0.05, 0.1) is 25.3 Å². The second-order valence-corrected chi connectivity index (χ2v) is 6.02. The Morgan fingerprint density at radius 1 is 0.897 bits per heavy atom. The first-order chi connectivity index (χ1) is 14.1. The zero-order valence-corrected chi connectivity index (χ0v) is 16.0. The first-order valence-electron chi connectivity index (χ1n) is 8.77. The number of carbonyl (C=O) groups is 2. The summed E-state index contributed by atoms with van der Waals surface area (Å²) in [4.78, 5) is 32.1. The fourth-order valence-electron chi connectivity index (χ4n) is 2.47. The zero-order chi connectivity index (χ0) is 20.6. The van der Waals surface area contributed by atoms with Gasteiger partial charge in [0.15, 0.2) is 0 Å². The molecule has 148 valence electrons. The molecule has 8 nitrogen and oxygen atoms in total. The van der Waals surface area contributed by atoms with Crippen LogP contribution >= 0.6 is 0 Å². The molecule has 1 aromatic heterocycles. The van der Waals surface area contributed by atoms with Crippen molar-refractivity contribution in [1.29, 1.82) is 0 Å². The van der Waals surface area contributed by atoms with Crippen LogP contribution in [0.25, 0.3) is 0 Å². The van der Waals surface area contributed by atoms with Crippen molar-refractivity contribution >= 4 is 23.5 Å². The van der Waals surface area contributed by atoms with Crippen LogP contribution in [0.1, 0.15) is 26.3 Å². The molecule has 1 amide bonds. The highest BCUT2D eigenvalue weighted by Crippen LogP contribution is 2.14. The van der Waals surface area contributed by atoms with Gasteiger partial charge in [-0.25, -0.2) is 14.8 Å². The van der Waals surface area contributed by atoms with Crippen LogP contribution in [-0.4, -0.2) is 36.1 Å². The van der Waals surface area contributed by atoms with E-state index in [1.165, 1.54) is 19.5 Å². The molecule has 8 heteroatoms. The van der Waals surface area contributed by atoms with Crippen LogP contribution in [0.15, 0.2) is 60.9 Å². The molecule has 2 aromatic carbocycles. The normalized spacial score (nSPS) is 10.1. The highest BCUT2D eigenvalue weighted by molar-refractivity contribution is 6.04. The molecule has 0 aliphatic carbocycles. The highest BCUT2D eigenvalue weighted by Gasteiger charge is 2.09. The number of nitrogens with one attached hydrogen (secondary N) is 2. The van der Waals surface area contributed by atoms with Crippen LogP contribution < -0.4 is 15.4 Å². The molecular formula is C21H20N4O4. The molecule has 0 bridgehead atoms. The number of methoxy groups -OCH3 is 2. The van der Waals surface area contributed by atoms with E-state index < -0.39 is 5.97 Å². The highest BCUT2D eigenvalue weighted by atomic mass is 16.5. The quantitative estimate of drug-likeness (QED) is 0.596. The minimum Gasteiger partial charge on any atom is -0.497 e. The van der Waals surface area contributed by atoms with Gasteiger partial charge in [0, 0.05) is 24.6 Å². The first-order valence-corrected chi connectivity index (χ1v) is 8.77. The summed E-state index contributed by atoms with van der Waals surface area (Å²) in [5, 5.41) is 5.83. The topological polar surface area (TPSA) is 102 Å². The van der Waals surface area contributed by atoms with Gasteiger partial charge in [-0.3, -0.25) is 4.79 Å². The number of carbonyl (C=O) groups excluding carboxylic acids is 2. The molecule has 0 aliphatic rings. The summed E-state index contributed by atoms with van der Waals surface area (Å²) in [7, 11) is 2.93. The average molecular weight is 392 g/mol. The third-order valence-corrected chi connectivity index (χ3v) is 4.09. The van der Waals surface area contributed by atoms with Gasteiger partial charge >= 0.3 is 5.97 Å². The van der Waals surface area contributed by atoms with Crippen molar-refractivity contribution in [2.45, 2.75) is 6.54 Å². The van der Waals surface area contributed by atoms with Gasteiger partial charge in [-0.15, -0.1) is 0 Å². The van der Waals surface area contributed by atoms with E-state index in [0.29, 0.717) is 29.3 Å². The maximum atomic E-state index is 12.3. The van der Waals surface area contributed by atoms with Crippen LogP contribution in [-0.2, 0) is 11.3 Å². The fraction of sp³-hybridized carbons (Fsp3) is 0.143. The maximum Gasteiger partial charge on any atom is 0.337 e. The molecule has 0 atom stereocenters. The SMILES string of the molecule is COC(=O)c1ccc(NC(=O)c2cnc(NCc3ccc(OC)cc3)nc2)cc1. The minimum absolute atomic E-state index is 0.317. The van der Waals surface area contributed by atoms with Crippen molar-refractivity contribution in [2.75, 3.05) is 24.9 Å². The second-order valence-electron chi connectivity index (χ2n) is 6.02. The van der Waals surface area contributed by atoms with Crippen molar-refractivity contribution < 1.29 is 19.1 Å². The molecule has 3 aromatic rings. The van der Waals surface area contributed by atoms with Crippen molar-refractivity contribution in [3.8, 4) is 5.75 Å². The maximum absolute atomic E-state index is 12.3. The molecule has 0 fully saturated rings. The smallest absolute Gasteiger partial charge is 0.337 e. The van der Waals surface area contributed by atoms with Crippen LogP contribution in [0.3, 0.4) is 0 Å². The van der Waals surface area contributed by atoms with Gasteiger partial charge in [0.1, 0.15) is 5.75 Å². The van der Waals surface area contributed by atoms with Crippen molar-refractivity contribution in [3.63, 3.8) is 0 Å². The van der Waals surface area contributed by atoms with E-state index in [1.807, 2.05) is 24.3 Å². The van der Waals surface area contributed by atoms with E-state index in [9.17, 15) is 9.59 Å². The third-order valence-electron chi connectivity index (χ3n) is 4.09. The zero-order valence-electron chi connectivity index (χ0n) is 16.0. The molecule has 0 saturated carbocycles. The Balaban J connectivity index is 1.56. The predicted molar refractivity (Wildman–Crippen MR) is 108 cm³/mol. The number of benzene rings is 2. The lowest BCUT2D eigenvalue weighted by Gasteiger charge is -2.08. The van der Waals surface area contributed by atoms with Gasteiger partial charge in [0.2, 0.25) is 5.95 Å². The van der Waals surface area contributed by atoms with Crippen LogP contribution in [0.5, 0.6) is 5.75 Å². The van der Waals surface area contributed by atoms with E-state index in [4.69, 9.17) is 4.74 Å². The minimum atomic E-state index is -0.436. The molecule has 0 aliphatic heterocycles. The molecule has 0 radical (unpaired) electrons. The predicted octanol–water partition coefficient (Wildman–Crippen LogP) is 3.14. The standard InChI is InChI=1S/C21H20N4O4/c1-28-18-9-3-14(4-10-18)11-22-21-23-12-16(13-24-21)19(26)25-17-7-5-15(6-8-17)20(27)29-2/h3-10,12-13H,11H2,1-2H3,(H,25,26)(H,22,23,24). The van der Waals surface area contributed by atoms with E-state index in [0.717, 1.165) is 11.3 Å². The molecule has 1 heterocycles. The Morgan fingerprint density at radius 2 is 1.55 bits per heavy atom. The summed E-state index contributed by atoms with van der Waals surface area (Å²) in [6.45, 7) is 0.544. The van der Waals surface area contributed by atoms with Crippen molar-refractivity contribution in [3.05, 3.63) is 77.6 Å². The lowest BCUT2D eigenvalue weighted by atomic mass is 10.2. The Morgan fingerprint density at radius 3 is 2.14 bits per heavy atom. The number of aromatic nitrogens is 2. The largest absolute Gasteiger partial charge is 0.497 e. The molecular weight excluding hydrogens is 372 g/mol. The second kappa shape index (κ2) is 9.32. The number of rotatable bonds is 7. The Hall–Kier alpha value is -3.94. The number of hydrogen-bond acceptors (Lipinski definition) is 7.